The van der Waals surface area contributed by atoms with Gasteiger partial charge < -0.3 is 4.74 Å². The van der Waals surface area contributed by atoms with Crippen molar-refractivity contribution in [3.63, 3.8) is 0 Å². The maximum absolute atomic E-state index is 11.0. The van der Waals surface area contributed by atoms with E-state index in [9.17, 15) is 4.79 Å². The van der Waals surface area contributed by atoms with Gasteiger partial charge in [-0.3, -0.25) is 4.99 Å². The third-order valence-corrected chi connectivity index (χ3v) is 1.81. The second-order valence-electron chi connectivity index (χ2n) is 4.19. The number of nitrogens with zero attached hydrogens (tertiary/aromatic N) is 1. The van der Waals surface area contributed by atoms with Crippen molar-refractivity contribution in [2.75, 3.05) is 6.61 Å². The molecule has 86 valence electrons. The largest absolute Gasteiger partial charge is 0.457 e. The maximum atomic E-state index is 11.0. The topological polar surface area (TPSA) is 38.7 Å². The molecule has 0 aliphatic carbocycles. The second kappa shape index (κ2) is 7.21. The number of hydrogen-bond donors (Lipinski definition) is 0. The van der Waals surface area contributed by atoms with Gasteiger partial charge in [-0.05, 0) is 26.2 Å². The van der Waals surface area contributed by atoms with E-state index < -0.39 is 0 Å². The molecule has 0 bridgehead atoms. The maximum Gasteiger partial charge on any atom is 0.333 e. The second-order valence-corrected chi connectivity index (χ2v) is 4.19. The Morgan fingerprint density at radius 2 is 2.07 bits per heavy atom. The highest BCUT2D eigenvalue weighted by Crippen LogP contribution is 2.06. The van der Waals surface area contributed by atoms with Gasteiger partial charge in [0, 0.05) is 17.8 Å². The van der Waals surface area contributed by atoms with Crippen molar-refractivity contribution in [2.24, 2.45) is 10.9 Å². The Hall–Kier alpha value is -1.12. The van der Waals surface area contributed by atoms with Crippen molar-refractivity contribution in [1.82, 2.24) is 0 Å². The van der Waals surface area contributed by atoms with Crippen molar-refractivity contribution in [2.45, 2.75) is 40.2 Å². The van der Waals surface area contributed by atoms with Crippen LogP contribution in [0.4, 0.5) is 0 Å². The number of carbonyl (C=O) groups is 1. The highest BCUT2D eigenvalue weighted by atomic mass is 16.5. The minimum absolute atomic E-state index is 0.230. The SMILES string of the molecule is C=C(C)C(=O)OC/C=N/C(C)CC(C)C. The smallest absolute Gasteiger partial charge is 0.333 e. The molecule has 0 rings (SSSR count). The molecule has 0 aliphatic rings. The fourth-order valence-electron chi connectivity index (χ4n) is 1.20. The van der Waals surface area contributed by atoms with Gasteiger partial charge in [-0.1, -0.05) is 20.4 Å². The molecule has 0 aromatic carbocycles. The molecule has 0 saturated carbocycles. The molecule has 0 radical (unpaired) electrons. The van der Waals surface area contributed by atoms with Crippen molar-refractivity contribution >= 4 is 12.2 Å². The monoisotopic (exact) mass is 211 g/mol. The zero-order valence-electron chi connectivity index (χ0n) is 10.1. The first-order valence-electron chi connectivity index (χ1n) is 5.27. The lowest BCUT2D eigenvalue weighted by atomic mass is 10.1. The van der Waals surface area contributed by atoms with Crippen LogP contribution in [0, 0.1) is 5.92 Å². The van der Waals surface area contributed by atoms with Crippen LogP contribution in [0.15, 0.2) is 17.1 Å². The summed E-state index contributed by atoms with van der Waals surface area (Å²) in [6, 6.07) is 0.286. The van der Waals surface area contributed by atoms with Crippen molar-refractivity contribution in [3.05, 3.63) is 12.2 Å². The summed E-state index contributed by atoms with van der Waals surface area (Å²) in [4.78, 5) is 15.2. The van der Waals surface area contributed by atoms with Crippen LogP contribution in [0.1, 0.15) is 34.1 Å². The first kappa shape index (κ1) is 13.9. The van der Waals surface area contributed by atoms with E-state index in [0.717, 1.165) is 6.42 Å². The fraction of sp³-hybridized carbons (Fsp3) is 0.667. The Morgan fingerprint density at radius 3 is 2.53 bits per heavy atom. The summed E-state index contributed by atoms with van der Waals surface area (Å²) in [6.07, 6.45) is 2.69. The number of ether oxygens (including phenoxy) is 1. The van der Waals surface area contributed by atoms with Crippen LogP contribution in [-0.2, 0) is 9.53 Å². The van der Waals surface area contributed by atoms with Gasteiger partial charge in [-0.15, -0.1) is 0 Å². The molecule has 0 aromatic rings. The van der Waals surface area contributed by atoms with Crippen LogP contribution in [0.25, 0.3) is 0 Å². The summed E-state index contributed by atoms with van der Waals surface area (Å²) in [6.45, 7) is 11.7. The van der Waals surface area contributed by atoms with Crippen LogP contribution in [-0.4, -0.2) is 24.8 Å². The van der Waals surface area contributed by atoms with Gasteiger partial charge in [0.15, 0.2) is 0 Å². The lowest BCUT2D eigenvalue weighted by Crippen LogP contribution is -2.09. The molecule has 0 amide bonds. The molecule has 3 nitrogen and oxygen atoms in total. The number of hydrogen-bond acceptors (Lipinski definition) is 3. The molecule has 0 saturated heterocycles. The van der Waals surface area contributed by atoms with Crippen LogP contribution < -0.4 is 0 Å². The van der Waals surface area contributed by atoms with E-state index in [1.54, 1.807) is 13.1 Å². The van der Waals surface area contributed by atoms with E-state index in [0.29, 0.717) is 11.5 Å². The Bertz CT molecular complexity index is 244. The first-order valence-corrected chi connectivity index (χ1v) is 5.27. The predicted octanol–water partition coefficient (Wildman–Crippen LogP) is 2.61. The minimum Gasteiger partial charge on any atom is -0.457 e. The zero-order chi connectivity index (χ0) is 11.8. The normalized spacial score (nSPS) is 13.1. The Balaban J connectivity index is 3.71. The standard InChI is InChI=1S/C12H21NO2/c1-9(2)8-11(5)13-6-7-15-12(14)10(3)4/h6,9,11H,3,7-8H2,1-2,4-5H3/b13-6+. The van der Waals surface area contributed by atoms with Crippen molar-refractivity contribution in [3.8, 4) is 0 Å². The van der Waals surface area contributed by atoms with Crippen LogP contribution in [0.2, 0.25) is 0 Å². The molecular formula is C12H21NO2. The summed E-state index contributed by atoms with van der Waals surface area (Å²) in [5.74, 6) is 0.271. The summed E-state index contributed by atoms with van der Waals surface area (Å²) in [7, 11) is 0. The Morgan fingerprint density at radius 1 is 1.47 bits per heavy atom. The van der Waals surface area contributed by atoms with Gasteiger partial charge in [0.05, 0.1) is 0 Å². The van der Waals surface area contributed by atoms with Gasteiger partial charge in [-0.2, -0.15) is 0 Å². The molecule has 1 atom stereocenters. The molecule has 3 heteroatoms. The predicted molar refractivity (Wildman–Crippen MR) is 63.2 cm³/mol. The average Bonchev–Trinajstić information content (AvgIpc) is 2.10. The molecule has 0 heterocycles. The quantitative estimate of drug-likeness (QED) is 0.385. The van der Waals surface area contributed by atoms with Gasteiger partial charge in [0.1, 0.15) is 6.61 Å². The van der Waals surface area contributed by atoms with Gasteiger partial charge in [0.25, 0.3) is 0 Å². The minimum atomic E-state index is -0.363. The molecule has 0 fully saturated rings. The van der Waals surface area contributed by atoms with Gasteiger partial charge in [0.2, 0.25) is 0 Å². The molecule has 0 N–H and O–H groups in total. The molecular weight excluding hydrogens is 190 g/mol. The van der Waals surface area contributed by atoms with E-state index in [1.807, 2.05) is 0 Å². The number of aliphatic imine (C=N–C) groups is 1. The van der Waals surface area contributed by atoms with Crippen molar-refractivity contribution < 1.29 is 9.53 Å². The highest BCUT2D eigenvalue weighted by molar-refractivity contribution is 5.87. The average molecular weight is 211 g/mol. The summed E-state index contributed by atoms with van der Waals surface area (Å²) in [5.41, 5.74) is 0.415. The van der Waals surface area contributed by atoms with Crippen molar-refractivity contribution in [1.29, 1.82) is 0 Å². The molecule has 0 aromatic heterocycles. The van der Waals surface area contributed by atoms with Crippen LogP contribution in [0.5, 0.6) is 0 Å². The Labute approximate surface area is 92.2 Å². The molecule has 0 aliphatic heterocycles. The number of esters is 1. The Kier molecular flexibility index (Phi) is 6.67. The van der Waals surface area contributed by atoms with E-state index >= 15 is 0 Å². The van der Waals surface area contributed by atoms with E-state index in [-0.39, 0.29) is 18.6 Å². The molecule has 15 heavy (non-hydrogen) atoms. The first-order chi connectivity index (χ1) is 6.93. The summed E-state index contributed by atoms with van der Waals surface area (Å²) >= 11 is 0. The highest BCUT2D eigenvalue weighted by Gasteiger charge is 2.02. The van der Waals surface area contributed by atoms with Crippen LogP contribution in [0.3, 0.4) is 0 Å². The van der Waals surface area contributed by atoms with Crippen LogP contribution >= 0.6 is 0 Å². The lowest BCUT2D eigenvalue weighted by molar-refractivity contribution is -0.137. The summed E-state index contributed by atoms with van der Waals surface area (Å²) in [5, 5.41) is 0. The summed E-state index contributed by atoms with van der Waals surface area (Å²) < 4.78 is 4.87. The van der Waals surface area contributed by atoms with Gasteiger partial charge >= 0.3 is 5.97 Å². The molecule has 1 unspecified atom stereocenters. The third kappa shape index (κ3) is 7.91. The number of carbonyl (C=O) groups excluding carboxylic acids is 1. The third-order valence-electron chi connectivity index (χ3n) is 1.81. The van der Waals surface area contributed by atoms with Gasteiger partial charge in [-0.25, -0.2) is 4.79 Å². The van der Waals surface area contributed by atoms with E-state index in [1.165, 1.54) is 0 Å². The zero-order valence-corrected chi connectivity index (χ0v) is 10.1. The molecule has 0 spiro atoms. The number of rotatable bonds is 6. The van der Waals surface area contributed by atoms with E-state index in [2.05, 4.69) is 32.3 Å². The fourth-order valence-corrected chi connectivity index (χ4v) is 1.20. The van der Waals surface area contributed by atoms with E-state index in [4.69, 9.17) is 4.74 Å². The lowest BCUT2D eigenvalue weighted by Gasteiger charge is -2.08.